The number of alkyl halides is 1. The van der Waals surface area contributed by atoms with Gasteiger partial charge in [0.05, 0.1) is 5.52 Å². The number of hydrogen-bond acceptors (Lipinski definition) is 4. The Hall–Kier alpha value is -1.42. The van der Waals surface area contributed by atoms with E-state index in [9.17, 15) is 0 Å². The van der Waals surface area contributed by atoms with Crippen molar-refractivity contribution in [3.8, 4) is 0 Å². The maximum absolute atomic E-state index is 5.89. The Morgan fingerprint density at radius 1 is 1.18 bits per heavy atom. The van der Waals surface area contributed by atoms with Crippen molar-refractivity contribution in [2.45, 2.75) is 19.9 Å². The number of para-hydroxylation sites is 1. The highest BCUT2D eigenvalue weighted by Crippen LogP contribution is 2.12. The van der Waals surface area contributed by atoms with Crippen LogP contribution in [0.4, 0.5) is 5.95 Å². The Labute approximate surface area is 105 Å². The van der Waals surface area contributed by atoms with E-state index < -0.39 is 0 Å². The van der Waals surface area contributed by atoms with E-state index in [1.54, 1.807) is 0 Å². The Bertz CT molecular complexity index is 501. The quantitative estimate of drug-likeness (QED) is 0.848. The van der Waals surface area contributed by atoms with Crippen molar-refractivity contribution in [1.82, 2.24) is 15.2 Å². The molecule has 2 aromatic rings. The molecule has 0 radical (unpaired) electrons. The maximum atomic E-state index is 5.89. The average Bonchev–Trinajstić information content (AvgIpc) is 2.35. The molecule has 0 aliphatic carbocycles. The number of halogens is 1. The van der Waals surface area contributed by atoms with Gasteiger partial charge in [0.1, 0.15) is 5.52 Å². The summed E-state index contributed by atoms with van der Waals surface area (Å²) in [6, 6.07) is 7.81. The zero-order valence-electron chi connectivity index (χ0n) is 9.89. The van der Waals surface area contributed by atoms with E-state index in [4.69, 9.17) is 11.6 Å². The first-order chi connectivity index (χ1) is 8.20. The summed E-state index contributed by atoms with van der Waals surface area (Å²) in [5.41, 5.74) is 1.63. The second-order valence-electron chi connectivity index (χ2n) is 4.27. The van der Waals surface area contributed by atoms with Crippen molar-refractivity contribution in [3.63, 3.8) is 0 Å². The molecule has 1 unspecified atom stereocenters. The van der Waals surface area contributed by atoms with Crippen LogP contribution in [0.2, 0.25) is 0 Å². The van der Waals surface area contributed by atoms with Crippen LogP contribution in [0.1, 0.15) is 13.8 Å². The van der Waals surface area contributed by atoms with E-state index in [1.807, 2.05) is 24.3 Å². The lowest BCUT2D eigenvalue weighted by Gasteiger charge is -2.19. The van der Waals surface area contributed by atoms with Gasteiger partial charge in [0.15, 0.2) is 0 Å². The van der Waals surface area contributed by atoms with Crippen LogP contribution in [0.25, 0.3) is 11.0 Å². The van der Waals surface area contributed by atoms with Gasteiger partial charge in [-0.15, -0.1) is 21.8 Å². The van der Waals surface area contributed by atoms with Crippen LogP contribution in [0.5, 0.6) is 0 Å². The fraction of sp³-hybridized carbons (Fsp3) is 0.417. The molecular formula is C12H15ClN4. The molecule has 17 heavy (non-hydrogen) atoms. The van der Waals surface area contributed by atoms with Crippen LogP contribution in [0.15, 0.2) is 24.3 Å². The number of anilines is 1. The Morgan fingerprint density at radius 2 is 1.88 bits per heavy atom. The first-order valence-electron chi connectivity index (χ1n) is 5.62. The summed E-state index contributed by atoms with van der Waals surface area (Å²) < 4.78 is 0. The molecule has 2 rings (SSSR count). The number of benzene rings is 1. The molecule has 1 atom stereocenters. The molecule has 0 bridgehead atoms. The molecule has 1 aromatic heterocycles. The fourth-order valence-corrected chi connectivity index (χ4v) is 1.92. The smallest absolute Gasteiger partial charge is 0.243 e. The van der Waals surface area contributed by atoms with Gasteiger partial charge in [0.25, 0.3) is 0 Å². The van der Waals surface area contributed by atoms with E-state index in [0.717, 1.165) is 11.0 Å². The highest BCUT2D eigenvalue weighted by atomic mass is 35.5. The Kier molecular flexibility index (Phi) is 3.74. The number of aromatic nitrogens is 3. The third kappa shape index (κ3) is 2.82. The van der Waals surface area contributed by atoms with Gasteiger partial charge in [-0.1, -0.05) is 26.0 Å². The monoisotopic (exact) mass is 250 g/mol. The number of rotatable bonds is 4. The molecule has 0 saturated carbocycles. The molecule has 0 aliphatic heterocycles. The van der Waals surface area contributed by atoms with Gasteiger partial charge in [0, 0.05) is 11.9 Å². The van der Waals surface area contributed by atoms with Crippen LogP contribution in [-0.4, -0.2) is 27.1 Å². The zero-order valence-corrected chi connectivity index (χ0v) is 10.6. The fourth-order valence-electron chi connectivity index (χ4n) is 1.49. The van der Waals surface area contributed by atoms with Crippen LogP contribution >= 0.6 is 11.6 Å². The molecule has 4 nitrogen and oxygen atoms in total. The van der Waals surface area contributed by atoms with Crippen LogP contribution in [-0.2, 0) is 0 Å². The van der Waals surface area contributed by atoms with Crippen molar-refractivity contribution in [1.29, 1.82) is 0 Å². The summed E-state index contributed by atoms with van der Waals surface area (Å²) in [6.45, 7) is 4.21. The lowest BCUT2D eigenvalue weighted by Crippen LogP contribution is -2.28. The van der Waals surface area contributed by atoms with Crippen LogP contribution in [0, 0.1) is 5.92 Å². The van der Waals surface area contributed by atoms with Gasteiger partial charge in [-0.05, 0) is 18.1 Å². The van der Waals surface area contributed by atoms with E-state index >= 15 is 0 Å². The second kappa shape index (κ2) is 5.27. The minimum atomic E-state index is 0.152. The van der Waals surface area contributed by atoms with Gasteiger partial charge in [0.2, 0.25) is 5.95 Å². The van der Waals surface area contributed by atoms with Gasteiger partial charge in [-0.3, -0.25) is 0 Å². The largest absolute Gasteiger partial charge is 0.349 e. The van der Waals surface area contributed by atoms with Crippen molar-refractivity contribution < 1.29 is 0 Å². The highest BCUT2D eigenvalue weighted by molar-refractivity contribution is 6.18. The summed E-state index contributed by atoms with van der Waals surface area (Å²) in [6.07, 6.45) is 0. The lowest BCUT2D eigenvalue weighted by molar-refractivity contribution is 0.560. The molecular weight excluding hydrogens is 236 g/mol. The first-order valence-corrected chi connectivity index (χ1v) is 6.16. The predicted molar refractivity (Wildman–Crippen MR) is 70.3 cm³/mol. The second-order valence-corrected chi connectivity index (χ2v) is 4.58. The molecule has 90 valence electrons. The first kappa shape index (κ1) is 12.0. The van der Waals surface area contributed by atoms with Gasteiger partial charge in [-0.25, -0.2) is 4.98 Å². The maximum Gasteiger partial charge on any atom is 0.243 e. The average molecular weight is 251 g/mol. The molecule has 1 aromatic carbocycles. The molecule has 5 heteroatoms. The van der Waals surface area contributed by atoms with E-state index in [1.165, 1.54) is 0 Å². The molecule has 0 amide bonds. The van der Waals surface area contributed by atoms with Gasteiger partial charge < -0.3 is 5.32 Å². The molecule has 0 aliphatic rings. The minimum Gasteiger partial charge on any atom is -0.349 e. The van der Waals surface area contributed by atoms with Crippen molar-refractivity contribution in [3.05, 3.63) is 24.3 Å². The summed E-state index contributed by atoms with van der Waals surface area (Å²) >= 11 is 5.89. The van der Waals surface area contributed by atoms with Crippen molar-refractivity contribution in [2.75, 3.05) is 11.2 Å². The Balaban J connectivity index is 2.24. The zero-order chi connectivity index (χ0) is 12.3. The van der Waals surface area contributed by atoms with Gasteiger partial charge >= 0.3 is 0 Å². The predicted octanol–water partition coefficient (Wildman–Crippen LogP) is 2.70. The topological polar surface area (TPSA) is 50.7 Å². The van der Waals surface area contributed by atoms with Crippen LogP contribution in [0.3, 0.4) is 0 Å². The number of hydrogen-bond donors (Lipinski definition) is 1. The highest BCUT2D eigenvalue weighted by Gasteiger charge is 2.13. The molecule has 0 fully saturated rings. The molecule has 0 spiro atoms. The number of nitrogens with zero attached hydrogens (tertiary/aromatic N) is 3. The lowest BCUT2D eigenvalue weighted by atomic mass is 10.1. The molecule has 1 heterocycles. The summed E-state index contributed by atoms with van der Waals surface area (Å²) in [7, 11) is 0. The minimum absolute atomic E-state index is 0.152. The van der Waals surface area contributed by atoms with Crippen molar-refractivity contribution >= 4 is 28.6 Å². The summed E-state index contributed by atoms with van der Waals surface area (Å²) in [5.74, 6) is 1.47. The standard InChI is InChI=1S/C12H15ClN4/c1-8(2)11(7-13)15-12-14-9-5-3-4-6-10(9)16-17-12/h3-6,8,11H,7H2,1-2H3,(H,14,15,17). The number of nitrogens with one attached hydrogen (secondary N) is 1. The van der Waals surface area contributed by atoms with E-state index in [2.05, 4.69) is 34.3 Å². The van der Waals surface area contributed by atoms with E-state index in [-0.39, 0.29) is 6.04 Å². The molecule has 1 N–H and O–H groups in total. The normalized spacial score (nSPS) is 12.9. The number of fused-ring (bicyclic) bond motifs is 1. The SMILES string of the molecule is CC(C)C(CCl)Nc1nnc2ccccc2n1. The molecule has 0 saturated heterocycles. The van der Waals surface area contributed by atoms with Crippen molar-refractivity contribution in [2.24, 2.45) is 5.92 Å². The van der Waals surface area contributed by atoms with Gasteiger partial charge in [-0.2, -0.15) is 0 Å². The van der Waals surface area contributed by atoms with E-state index in [0.29, 0.717) is 17.7 Å². The third-order valence-electron chi connectivity index (χ3n) is 2.65. The summed E-state index contributed by atoms with van der Waals surface area (Å²) in [4.78, 5) is 4.40. The van der Waals surface area contributed by atoms with Crippen LogP contribution < -0.4 is 5.32 Å². The third-order valence-corrected chi connectivity index (χ3v) is 2.98. The Morgan fingerprint density at radius 3 is 2.53 bits per heavy atom. The summed E-state index contributed by atoms with van der Waals surface area (Å²) in [5, 5.41) is 11.4.